The molecule has 0 heterocycles. The molecule has 0 saturated carbocycles. The predicted octanol–water partition coefficient (Wildman–Crippen LogP) is 4.80. The van der Waals surface area contributed by atoms with Crippen molar-refractivity contribution in [1.29, 1.82) is 0 Å². The standard InChI is InChI=1S/C15H22Cl2O/c1-12(2)11-18-7-6-14(10-16)8-13-4-3-5-15(17)9-13/h3-5,9,12,14H,6-8,10-11H2,1-2H3. The summed E-state index contributed by atoms with van der Waals surface area (Å²) in [6.45, 7) is 5.93. The number of halogens is 2. The maximum atomic E-state index is 6.01. The molecule has 0 spiro atoms. The van der Waals surface area contributed by atoms with E-state index in [0.717, 1.165) is 31.1 Å². The van der Waals surface area contributed by atoms with E-state index >= 15 is 0 Å². The first-order chi connectivity index (χ1) is 8.61. The molecular formula is C15H22Cl2O. The van der Waals surface area contributed by atoms with Crippen LogP contribution in [-0.2, 0) is 11.2 Å². The van der Waals surface area contributed by atoms with Gasteiger partial charge in [-0.3, -0.25) is 0 Å². The van der Waals surface area contributed by atoms with Crippen LogP contribution in [0.5, 0.6) is 0 Å². The van der Waals surface area contributed by atoms with Crippen molar-refractivity contribution in [3.05, 3.63) is 34.9 Å². The maximum Gasteiger partial charge on any atom is 0.0488 e. The van der Waals surface area contributed by atoms with E-state index < -0.39 is 0 Å². The van der Waals surface area contributed by atoms with Gasteiger partial charge in [-0.2, -0.15) is 0 Å². The fraction of sp³-hybridized carbons (Fsp3) is 0.600. The lowest BCUT2D eigenvalue weighted by Crippen LogP contribution is -2.12. The SMILES string of the molecule is CC(C)COCCC(CCl)Cc1cccc(Cl)c1. The van der Waals surface area contributed by atoms with Gasteiger partial charge in [0.2, 0.25) is 0 Å². The van der Waals surface area contributed by atoms with Crippen LogP contribution in [-0.4, -0.2) is 19.1 Å². The Balaban J connectivity index is 2.33. The molecule has 0 aliphatic carbocycles. The molecule has 0 radical (unpaired) electrons. The quantitative estimate of drug-likeness (QED) is 0.493. The Morgan fingerprint density at radius 3 is 2.67 bits per heavy atom. The summed E-state index contributed by atoms with van der Waals surface area (Å²) in [4.78, 5) is 0. The minimum Gasteiger partial charge on any atom is -0.381 e. The Bertz CT molecular complexity index is 339. The van der Waals surface area contributed by atoms with Crippen molar-refractivity contribution in [2.24, 2.45) is 11.8 Å². The Kier molecular flexibility index (Phi) is 7.73. The summed E-state index contributed by atoms with van der Waals surface area (Å²) < 4.78 is 5.60. The topological polar surface area (TPSA) is 9.23 Å². The minimum atomic E-state index is 0.456. The Morgan fingerprint density at radius 2 is 2.06 bits per heavy atom. The summed E-state index contributed by atoms with van der Waals surface area (Å²) >= 11 is 12.0. The number of benzene rings is 1. The van der Waals surface area contributed by atoms with Crippen molar-refractivity contribution < 1.29 is 4.74 Å². The van der Waals surface area contributed by atoms with E-state index in [0.29, 0.717) is 17.7 Å². The van der Waals surface area contributed by atoms with Gasteiger partial charge < -0.3 is 4.74 Å². The second-order valence-electron chi connectivity index (χ2n) is 5.11. The van der Waals surface area contributed by atoms with Gasteiger partial charge in [0.25, 0.3) is 0 Å². The van der Waals surface area contributed by atoms with Crippen LogP contribution in [0.2, 0.25) is 5.02 Å². The zero-order chi connectivity index (χ0) is 13.4. The molecule has 0 N–H and O–H groups in total. The van der Waals surface area contributed by atoms with Crippen LogP contribution in [0.3, 0.4) is 0 Å². The van der Waals surface area contributed by atoms with E-state index in [9.17, 15) is 0 Å². The monoisotopic (exact) mass is 288 g/mol. The molecule has 1 aromatic carbocycles. The molecule has 0 fully saturated rings. The smallest absolute Gasteiger partial charge is 0.0488 e. The highest BCUT2D eigenvalue weighted by Gasteiger charge is 2.09. The highest BCUT2D eigenvalue weighted by molar-refractivity contribution is 6.30. The molecule has 0 amide bonds. The molecule has 1 aromatic rings. The van der Waals surface area contributed by atoms with Crippen LogP contribution in [0.1, 0.15) is 25.8 Å². The van der Waals surface area contributed by atoms with Crippen LogP contribution in [0.15, 0.2) is 24.3 Å². The van der Waals surface area contributed by atoms with Gasteiger partial charge in [-0.1, -0.05) is 37.6 Å². The van der Waals surface area contributed by atoms with Gasteiger partial charge in [-0.25, -0.2) is 0 Å². The highest BCUT2D eigenvalue weighted by Crippen LogP contribution is 2.17. The van der Waals surface area contributed by atoms with Gasteiger partial charge in [0.1, 0.15) is 0 Å². The average Bonchev–Trinajstić information content (AvgIpc) is 2.33. The molecule has 0 aliphatic heterocycles. The van der Waals surface area contributed by atoms with E-state index in [-0.39, 0.29) is 0 Å². The molecule has 0 aromatic heterocycles. The largest absolute Gasteiger partial charge is 0.381 e. The third-order valence-electron chi connectivity index (χ3n) is 2.75. The molecule has 1 unspecified atom stereocenters. The van der Waals surface area contributed by atoms with Crippen molar-refractivity contribution >= 4 is 23.2 Å². The van der Waals surface area contributed by atoms with Gasteiger partial charge in [0.15, 0.2) is 0 Å². The van der Waals surface area contributed by atoms with Crippen molar-refractivity contribution in [2.45, 2.75) is 26.7 Å². The second-order valence-corrected chi connectivity index (χ2v) is 5.86. The predicted molar refractivity (Wildman–Crippen MR) is 79.6 cm³/mol. The summed E-state index contributed by atoms with van der Waals surface area (Å²) in [5.41, 5.74) is 1.25. The molecule has 1 nitrogen and oxygen atoms in total. The van der Waals surface area contributed by atoms with Gasteiger partial charge >= 0.3 is 0 Å². The van der Waals surface area contributed by atoms with Crippen LogP contribution in [0.4, 0.5) is 0 Å². The summed E-state index contributed by atoms with van der Waals surface area (Å²) in [6, 6.07) is 7.99. The van der Waals surface area contributed by atoms with Gasteiger partial charge in [0, 0.05) is 24.1 Å². The molecule has 0 saturated heterocycles. The second kappa shape index (κ2) is 8.79. The Labute approximate surface area is 120 Å². The lowest BCUT2D eigenvalue weighted by molar-refractivity contribution is 0.0996. The van der Waals surface area contributed by atoms with Crippen molar-refractivity contribution in [2.75, 3.05) is 19.1 Å². The molecule has 18 heavy (non-hydrogen) atoms. The number of hydrogen-bond donors (Lipinski definition) is 0. The van der Waals surface area contributed by atoms with Crippen LogP contribution in [0.25, 0.3) is 0 Å². The van der Waals surface area contributed by atoms with Crippen LogP contribution < -0.4 is 0 Å². The fourth-order valence-corrected chi connectivity index (χ4v) is 2.28. The van der Waals surface area contributed by atoms with Crippen molar-refractivity contribution in [3.63, 3.8) is 0 Å². The Hall–Kier alpha value is -0.240. The minimum absolute atomic E-state index is 0.456. The summed E-state index contributed by atoms with van der Waals surface area (Å²) in [5.74, 6) is 1.71. The zero-order valence-corrected chi connectivity index (χ0v) is 12.7. The fourth-order valence-electron chi connectivity index (χ4n) is 1.80. The third-order valence-corrected chi connectivity index (χ3v) is 3.42. The number of ether oxygens (including phenoxy) is 1. The molecule has 1 atom stereocenters. The number of alkyl halides is 1. The molecule has 1 rings (SSSR count). The zero-order valence-electron chi connectivity index (χ0n) is 11.2. The van der Waals surface area contributed by atoms with E-state index in [2.05, 4.69) is 19.9 Å². The lowest BCUT2D eigenvalue weighted by Gasteiger charge is -2.15. The molecular weight excluding hydrogens is 267 g/mol. The first-order valence-electron chi connectivity index (χ1n) is 6.50. The number of hydrogen-bond acceptors (Lipinski definition) is 1. The lowest BCUT2D eigenvalue weighted by atomic mass is 9.98. The van der Waals surface area contributed by atoms with E-state index in [1.54, 1.807) is 0 Å². The van der Waals surface area contributed by atoms with Gasteiger partial charge in [-0.15, -0.1) is 11.6 Å². The average molecular weight is 289 g/mol. The summed E-state index contributed by atoms with van der Waals surface area (Å²) in [5, 5.41) is 0.789. The molecule has 0 aliphatic rings. The van der Waals surface area contributed by atoms with Crippen LogP contribution in [0, 0.1) is 11.8 Å². The summed E-state index contributed by atoms with van der Waals surface area (Å²) in [7, 11) is 0. The Morgan fingerprint density at radius 1 is 1.28 bits per heavy atom. The van der Waals surface area contributed by atoms with E-state index in [4.69, 9.17) is 27.9 Å². The van der Waals surface area contributed by atoms with E-state index in [1.165, 1.54) is 5.56 Å². The summed E-state index contributed by atoms with van der Waals surface area (Å²) in [6.07, 6.45) is 1.97. The van der Waals surface area contributed by atoms with Crippen LogP contribution >= 0.6 is 23.2 Å². The first-order valence-corrected chi connectivity index (χ1v) is 7.41. The van der Waals surface area contributed by atoms with Gasteiger partial charge in [0.05, 0.1) is 0 Å². The maximum absolute atomic E-state index is 6.01. The van der Waals surface area contributed by atoms with Gasteiger partial charge in [-0.05, 0) is 42.4 Å². The molecule has 0 bridgehead atoms. The molecule has 3 heteroatoms. The number of rotatable bonds is 8. The van der Waals surface area contributed by atoms with E-state index in [1.807, 2.05) is 18.2 Å². The highest BCUT2D eigenvalue weighted by atomic mass is 35.5. The first kappa shape index (κ1) is 15.8. The van der Waals surface area contributed by atoms with Crippen molar-refractivity contribution in [3.8, 4) is 0 Å². The third kappa shape index (κ3) is 6.63. The normalized spacial score (nSPS) is 12.9. The van der Waals surface area contributed by atoms with Crippen molar-refractivity contribution in [1.82, 2.24) is 0 Å². The molecule has 102 valence electrons.